The number of ether oxygens (including phenoxy) is 3. The fourth-order valence-corrected chi connectivity index (χ4v) is 8.33. The van der Waals surface area contributed by atoms with E-state index in [0.717, 1.165) is 12.8 Å². The van der Waals surface area contributed by atoms with Crippen LogP contribution in [0, 0.1) is 11.3 Å². The maximum atomic E-state index is 13.6. The molecule has 282 valence electrons. The van der Waals surface area contributed by atoms with Gasteiger partial charge in [0.2, 0.25) is 11.5 Å². The molecule has 0 aliphatic carbocycles. The summed E-state index contributed by atoms with van der Waals surface area (Å²) in [5.74, 6) is 0.224. The minimum Gasteiger partial charge on any atom is -0.454 e. The SMILES string of the molecule is CC=C(CCC1(C)CC(NC(=O)c2ccc(Oc3cccc(-c4ccc(=O)[nH]c4)c3C#N)c(Cl)c2)CC(C)(C)O1)C(=O)NC1CC(C)(C)OC(C)(C)C1. The molecule has 11 heteroatoms. The first-order chi connectivity index (χ1) is 24.8. The molecule has 0 bridgehead atoms. The maximum Gasteiger partial charge on any atom is 0.251 e. The lowest BCUT2D eigenvalue weighted by Crippen LogP contribution is -2.54. The highest BCUT2D eigenvalue weighted by atomic mass is 35.5. The maximum absolute atomic E-state index is 13.6. The van der Waals surface area contributed by atoms with E-state index in [9.17, 15) is 19.6 Å². The Morgan fingerprint density at radius 1 is 0.925 bits per heavy atom. The van der Waals surface area contributed by atoms with Gasteiger partial charge in [-0.2, -0.15) is 5.26 Å². The summed E-state index contributed by atoms with van der Waals surface area (Å²) in [4.78, 5) is 41.2. The minimum atomic E-state index is -0.589. The number of halogens is 1. The summed E-state index contributed by atoms with van der Waals surface area (Å²) in [5, 5.41) is 16.6. The van der Waals surface area contributed by atoms with Gasteiger partial charge < -0.3 is 29.8 Å². The van der Waals surface area contributed by atoms with Gasteiger partial charge in [-0.05, 0) is 130 Å². The predicted molar refractivity (Wildman–Crippen MR) is 206 cm³/mol. The van der Waals surface area contributed by atoms with Crippen molar-refractivity contribution in [2.45, 2.75) is 128 Å². The molecule has 53 heavy (non-hydrogen) atoms. The Morgan fingerprint density at radius 2 is 1.58 bits per heavy atom. The van der Waals surface area contributed by atoms with Crippen molar-refractivity contribution in [2.24, 2.45) is 0 Å². The number of carbonyl (C=O) groups excluding carboxylic acids is 2. The molecule has 2 unspecified atom stereocenters. The van der Waals surface area contributed by atoms with Crippen LogP contribution in [-0.2, 0) is 14.3 Å². The molecule has 2 fully saturated rings. The fraction of sp³-hybridized carbons (Fsp3) is 0.476. The second-order valence-electron chi connectivity index (χ2n) is 16.4. The summed E-state index contributed by atoms with van der Waals surface area (Å²) < 4.78 is 18.9. The largest absolute Gasteiger partial charge is 0.454 e. The van der Waals surface area contributed by atoms with Crippen molar-refractivity contribution in [3.63, 3.8) is 0 Å². The van der Waals surface area contributed by atoms with Gasteiger partial charge in [-0.15, -0.1) is 0 Å². The summed E-state index contributed by atoms with van der Waals surface area (Å²) in [5.41, 5.74) is 0.598. The molecule has 3 N–H and O–H groups in total. The van der Waals surface area contributed by atoms with Crippen LogP contribution >= 0.6 is 11.6 Å². The highest BCUT2D eigenvalue weighted by Gasteiger charge is 2.43. The molecule has 0 radical (unpaired) electrons. The Labute approximate surface area is 317 Å². The molecular weight excluding hydrogens is 692 g/mol. The number of benzene rings is 2. The number of hydrogen-bond acceptors (Lipinski definition) is 7. The number of carbonyl (C=O) groups is 2. The third kappa shape index (κ3) is 10.2. The number of aromatic amines is 1. The number of hydrogen-bond donors (Lipinski definition) is 3. The number of aromatic nitrogens is 1. The number of pyridine rings is 1. The van der Waals surface area contributed by atoms with Gasteiger partial charge in [0, 0.05) is 41.0 Å². The number of allylic oxidation sites excluding steroid dienone is 1. The zero-order chi connectivity index (χ0) is 38.8. The molecule has 2 saturated heterocycles. The molecular formula is C42H51ClN4O6. The van der Waals surface area contributed by atoms with Crippen molar-refractivity contribution in [2.75, 3.05) is 0 Å². The minimum absolute atomic E-state index is 0.0140. The summed E-state index contributed by atoms with van der Waals surface area (Å²) in [7, 11) is 0. The Kier molecular flexibility index (Phi) is 11.6. The van der Waals surface area contributed by atoms with Crippen LogP contribution in [0.15, 0.2) is 71.2 Å². The highest BCUT2D eigenvalue weighted by Crippen LogP contribution is 2.40. The second-order valence-corrected chi connectivity index (χ2v) is 16.8. The molecule has 0 spiro atoms. The zero-order valence-electron chi connectivity index (χ0n) is 31.9. The number of H-pyrrole nitrogens is 1. The van der Waals surface area contributed by atoms with Crippen molar-refractivity contribution >= 4 is 23.4 Å². The smallest absolute Gasteiger partial charge is 0.251 e. The van der Waals surface area contributed by atoms with Crippen LogP contribution in [0.3, 0.4) is 0 Å². The molecule has 3 aromatic rings. The Balaban J connectivity index is 1.23. The lowest BCUT2D eigenvalue weighted by Gasteiger charge is -2.47. The van der Waals surface area contributed by atoms with Crippen LogP contribution in [0.25, 0.3) is 11.1 Å². The molecule has 2 aliphatic heterocycles. The number of nitriles is 1. The third-order valence-electron chi connectivity index (χ3n) is 9.85. The van der Waals surface area contributed by atoms with E-state index in [1.165, 1.54) is 6.07 Å². The van der Waals surface area contributed by atoms with Crippen LogP contribution in [-0.4, -0.2) is 51.3 Å². The zero-order valence-corrected chi connectivity index (χ0v) is 32.7. The number of rotatable bonds is 10. The first-order valence-corrected chi connectivity index (χ1v) is 18.5. The van der Waals surface area contributed by atoms with Crippen molar-refractivity contribution in [1.82, 2.24) is 15.6 Å². The second kappa shape index (κ2) is 15.5. The molecule has 2 aromatic carbocycles. The Bertz CT molecular complexity index is 1960. The van der Waals surface area contributed by atoms with Crippen LogP contribution < -0.4 is 20.9 Å². The van der Waals surface area contributed by atoms with E-state index in [4.69, 9.17) is 25.8 Å². The predicted octanol–water partition coefficient (Wildman–Crippen LogP) is 8.38. The molecule has 5 rings (SSSR count). The van der Waals surface area contributed by atoms with Crippen LogP contribution in [0.1, 0.15) is 110 Å². The van der Waals surface area contributed by atoms with E-state index in [2.05, 4.69) is 49.4 Å². The fourth-order valence-electron chi connectivity index (χ4n) is 8.11. The van der Waals surface area contributed by atoms with E-state index in [1.54, 1.807) is 48.7 Å². The standard InChI is InChI=1S/C42H51ClN4O6/c1-9-26(37(49)46-29-20-39(2,3)52-40(4,5)21-29)17-18-42(8)23-30(22-41(6,7)53-42)47-38(50)27-13-15-35(33(43)19-27)51-34-12-10-11-31(32(34)24-44)28-14-16-36(48)45-25-28/h9-16,19,25,29-30H,17-18,20-23H2,1-8H3,(H,45,48)(H,46,49)(H,47,50). The molecule has 0 saturated carbocycles. The third-order valence-corrected chi connectivity index (χ3v) is 10.1. The summed E-state index contributed by atoms with van der Waals surface area (Å²) in [6.45, 7) is 16.2. The van der Waals surface area contributed by atoms with Gasteiger partial charge in [0.1, 0.15) is 23.1 Å². The van der Waals surface area contributed by atoms with Crippen LogP contribution in [0.4, 0.5) is 0 Å². The molecule has 2 atom stereocenters. The van der Waals surface area contributed by atoms with Gasteiger partial charge in [0.25, 0.3) is 5.91 Å². The summed E-state index contributed by atoms with van der Waals surface area (Å²) in [6, 6.07) is 15.0. The number of nitrogens with zero attached hydrogens (tertiary/aromatic N) is 1. The first-order valence-electron chi connectivity index (χ1n) is 18.2. The van der Waals surface area contributed by atoms with Gasteiger partial charge in [0.05, 0.1) is 27.4 Å². The molecule has 2 aliphatic rings. The van der Waals surface area contributed by atoms with Crippen molar-refractivity contribution in [3.05, 3.63) is 92.9 Å². The first kappa shape index (κ1) is 39.8. The van der Waals surface area contributed by atoms with Gasteiger partial charge in [0.15, 0.2) is 0 Å². The van der Waals surface area contributed by atoms with Gasteiger partial charge in [-0.3, -0.25) is 14.4 Å². The van der Waals surface area contributed by atoms with E-state index in [1.807, 2.05) is 33.8 Å². The molecule has 1 aromatic heterocycles. The molecule has 10 nitrogen and oxygen atoms in total. The van der Waals surface area contributed by atoms with Crippen molar-refractivity contribution in [3.8, 4) is 28.7 Å². The Hall–Kier alpha value is -4.43. The van der Waals surface area contributed by atoms with E-state index in [0.29, 0.717) is 47.9 Å². The average molecular weight is 743 g/mol. The van der Waals surface area contributed by atoms with Crippen LogP contribution in [0.5, 0.6) is 11.5 Å². The van der Waals surface area contributed by atoms with Gasteiger partial charge in [-0.25, -0.2) is 0 Å². The average Bonchev–Trinajstić information content (AvgIpc) is 3.03. The van der Waals surface area contributed by atoms with Crippen LogP contribution in [0.2, 0.25) is 5.02 Å². The van der Waals surface area contributed by atoms with Crippen molar-refractivity contribution in [1.29, 1.82) is 5.26 Å². The molecule has 2 amide bonds. The Morgan fingerprint density at radius 3 is 2.19 bits per heavy atom. The topological polar surface area (TPSA) is 143 Å². The summed E-state index contributed by atoms with van der Waals surface area (Å²) >= 11 is 6.63. The van der Waals surface area contributed by atoms with E-state index >= 15 is 0 Å². The van der Waals surface area contributed by atoms with E-state index < -0.39 is 11.2 Å². The number of nitrogens with one attached hydrogen (secondary N) is 3. The normalized spacial score (nSPS) is 22.3. The van der Waals surface area contributed by atoms with Gasteiger partial charge >= 0.3 is 0 Å². The lowest BCUT2D eigenvalue weighted by molar-refractivity contribution is -0.175. The van der Waals surface area contributed by atoms with Crippen molar-refractivity contribution < 1.29 is 23.8 Å². The summed E-state index contributed by atoms with van der Waals surface area (Å²) in [6.07, 6.45) is 7.22. The molecule has 3 heterocycles. The lowest BCUT2D eigenvalue weighted by atomic mass is 9.81. The van der Waals surface area contributed by atoms with Gasteiger partial charge in [-0.1, -0.05) is 29.8 Å². The highest BCUT2D eigenvalue weighted by molar-refractivity contribution is 6.32. The van der Waals surface area contributed by atoms with E-state index in [-0.39, 0.29) is 62.7 Å². The quantitative estimate of drug-likeness (QED) is 0.177. The number of amides is 2. The monoisotopic (exact) mass is 742 g/mol.